The van der Waals surface area contributed by atoms with E-state index in [1.54, 1.807) is 12.0 Å². The zero-order valence-corrected chi connectivity index (χ0v) is 20.8. The lowest BCUT2D eigenvalue weighted by molar-refractivity contribution is -0.117. The molecule has 0 spiro atoms. The zero-order chi connectivity index (χ0) is 25.2. The van der Waals surface area contributed by atoms with Crippen LogP contribution in [0.15, 0.2) is 66.7 Å². The van der Waals surface area contributed by atoms with Crippen molar-refractivity contribution < 1.29 is 19.4 Å². The summed E-state index contributed by atoms with van der Waals surface area (Å²) in [6, 6.07) is 21.4. The smallest absolute Gasteiger partial charge is 0.227 e. The number of para-hydroxylation sites is 2. The van der Waals surface area contributed by atoms with Gasteiger partial charge in [0.15, 0.2) is 0 Å². The molecule has 0 aliphatic carbocycles. The minimum absolute atomic E-state index is 0.0468. The number of anilines is 1. The number of carbonyl (C=O) groups is 1. The second kappa shape index (κ2) is 10.0. The number of amides is 1. The van der Waals surface area contributed by atoms with Crippen molar-refractivity contribution in [2.45, 2.75) is 38.8 Å². The zero-order valence-electron chi connectivity index (χ0n) is 20.8. The number of aryl methyl sites for hydroxylation is 2. The van der Waals surface area contributed by atoms with Gasteiger partial charge in [-0.15, -0.1) is 0 Å². The first-order valence-corrected chi connectivity index (χ1v) is 12.2. The molecule has 2 atom stereocenters. The Morgan fingerprint density at radius 3 is 2.72 bits per heavy atom. The molecule has 2 heterocycles. The Balaban J connectivity index is 1.38. The van der Waals surface area contributed by atoms with Gasteiger partial charge >= 0.3 is 0 Å². The van der Waals surface area contributed by atoms with Gasteiger partial charge in [-0.25, -0.2) is 4.98 Å². The maximum Gasteiger partial charge on any atom is 0.227 e. The van der Waals surface area contributed by atoms with E-state index in [4.69, 9.17) is 14.5 Å². The summed E-state index contributed by atoms with van der Waals surface area (Å²) in [5.41, 5.74) is 4.81. The summed E-state index contributed by atoms with van der Waals surface area (Å²) in [5, 5.41) is 10.9. The first-order valence-electron chi connectivity index (χ1n) is 12.2. The van der Waals surface area contributed by atoms with Crippen LogP contribution in [0.4, 0.5) is 5.69 Å². The molecule has 3 aromatic carbocycles. The average molecular weight is 486 g/mol. The summed E-state index contributed by atoms with van der Waals surface area (Å²) in [4.78, 5) is 19.7. The number of rotatable bonds is 8. The van der Waals surface area contributed by atoms with E-state index in [0.29, 0.717) is 25.3 Å². The summed E-state index contributed by atoms with van der Waals surface area (Å²) < 4.78 is 13.3. The maximum atomic E-state index is 13.0. The maximum absolute atomic E-state index is 13.0. The van der Waals surface area contributed by atoms with Crippen LogP contribution in [0, 0.1) is 13.8 Å². The Bertz CT molecular complexity index is 1400. The molecule has 1 aliphatic rings. The molecule has 1 fully saturated rings. The summed E-state index contributed by atoms with van der Waals surface area (Å²) in [6.45, 7) is 5.05. The van der Waals surface area contributed by atoms with E-state index in [0.717, 1.165) is 33.9 Å². The fourth-order valence-electron chi connectivity index (χ4n) is 4.92. The van der Waals surface area contributed by atoms with Crippen molar-refractivity contribution in [3.8, 4) is 11.5 Å². The van der Waals surface area contributed by atoms with Crippen LogP contribution < -0.4 is 14.4 Å². The molecule has 1 aliphatic heterocycles. The summed E-state index contributed by atoms with van der Waals surface area (Å²) in [7, 11) is 1.62. The minimum atomic E-state index is -0.742. The van der Waals surface area contributed by atoms with E-state index >= 15 is 0 Å². The highest BCUT2D eigenvalue weighted by Crippen LogP contribution is 2.34. The van der Waals surface area contributed by atoms with E-state index < -0.39 is 6.10 Å². The molecule has 1 N–H and O–H groups in total. The van der Waals surface area contributed by atoms with Crippen LogP contribution in [0.3, 0.4) is 0 Å². The van der Waals surface area contributed by atoms with Crippen LogP contribution in [-0.4, -0.2) is 46.9 Å². The molecular weight excluding hydrogens is 454 g/mol. The molecule has 0 saturated carbocycles. The number of hydrogen-bond donors (Lipinski definition) is 1. The van der Waals surface area contributed by atoms with Gasteiger partial charge in [-0.2, -0.15) is 0 Å². The lowest BCUT2D eigenvalue weighted by Gasteiger charge is -2.19. The molecule has 7 nitrogen and oxygen atoms in total. The van der Waals surface area contributed by atoms with Gasteiger partial charge in [-0.3, -0.25) is 4.79 Å². The highest BCUT2D eigenvalue weighted by Gasteiger charge is 2.35. The Labute approximate surface area is 210 Å². The first-order chi connectivity index (χ1) is 17.4. The third-order valence-electron chi connectivity index (χ3n) is 6.69. The lowest BCUT2D eigenvalue weighted by atomic mass is 10.1. The SMILES string of the molecule is COc1cccc(N2C[C@H](c3nc4ccccc4n3C[C@@H](O)COc3ccc(C)cc3C)CC2=O)c1. The number of benzene rings is 3. The van der Waals surface area contributed by atoms with Crippen LogP contribution in [0.5, 0.6) is 11.5 Å². The van der Waals surface area contributed by atoms with Gasteiger partial charge < -0.3 is 24.0 Å². The monoisotopic (exact) mass is 485 g/mol. The van der Waals surface area contributed by atoms with Gasteiger partial charge in [0.1, 0.15) is 30.0 Å². The van der Waals surface area contributed by atoms with Crippen LogP contribution in [0.2, 0.25) is 0 Å². The van der Waals surface area contributed by atoms with Gasteiger partial charge in [-0.05, 0) is 49.7 Å². The fraction of sp³-hybridized carbons (Fsp3) is 0.310. The average Bonchev–Trinajstić information content (AvgIpc) is 3.44. The number of ether oxygens (including phenoxy) is 2. The second-order valence-corrected chi connectivity index (χ2v) is 9.41. The van der Waals surface area contributed by atoms with Crippen molar-refractivity contribution in [2.24, 2.45) is 0 Å². The Morgan fingerprint density at radius 1 is 1.08 bits per heavy atom. The minimum Gasteiger partial charge on any atom is -0.497 e. The van der Waals surface area contributed by atoms with E-state index in [1.165, 1.54) is 5.56 Å². The largest absolute Gasteiger partial charge is 0.497 e. The molecule has 36 heavy (non-hydrogen) atoms. The molecule has 1 amide bonds. The number of aliphatic hydroxyl groups is 1. The van der Waals surface area contributed by atoms with Crippen molar-refractivity contribution in [3.63, 3.8) is 0 Å². The van der Waals surface area contributed by atoms with E-state index in [-0.39, 0.29) is 18.4 Å². The van der Waals surface area contributed by atoms with Gasteiger partial charge in [-0.1, -0.05) is 35.9 Å². The van der Waals surface area contributed by atoms with Crippen LogP contribution in [-0.2, 0) is 11.3 Å². The van der Waals surface area contributed by atoms with Crippen molar-refractivity contribution in [2.75, 3.05) is 25.2 Å². The lowest BCUT2D eigenvalue weighted by Crippen LogP contribution is -2.26. The first kappa shape index (κ1) is 23.9. The normalized spacial score (nSPS) is 16.5. The Hall–Kier alpha value is -3.84. The fourth-order valence-corrected chi connectivity index (χ4v) is 4.92. The van der Waals surface area contributed by atoms with E-state index in [9.17, 15) is 9.90 Å². The molecular formula is C29H31N3O4. The number of fused-ring (bicyclic) bond motifs is 1. The molecule has 0 bridgehead atoms. The number of aromatic nitrogens is 2. The Morgan fingerprint density at radius 2 is 1.92 bits per heavy atom. The van der Waals surface area contributed by atoms with Crippen molar-refractivity contribution in [1.82, 2.24) is 9.55 Å². The summed E-state index contributed by atoms with van der Waals surface area (Å²) in [6.07, 6.45) is -0.385. The van der Waals surface area contributed by atoms with Crippen LogP contribution >= 0.6 is 0 Å². The van der Waals surface area contributed by atoms with Gasteiger partial charge in [0, 0.05) is 30.6 Å². The highest BCUT2D eigenvalue weighted by atomic mass is 16.5. The van der Waals surface area contributed by atoms with Crippen LogP contribution in [0.1, 0.15) is 29.3 Å². The molecule has 1 aromatic heterocycles. The number of aliphatic hydroxyl groups excluding tert-OH is 1. The third-order valence-corrected chi connectivity index (χ3v) is 6.69. The van der Waals surface area contributed by atoms with Crippen molar-refractivity contribution in [3.05, 3.63) is 83.7 Å². The predicted molar refractivity (Wildman–Crippen MR) is 140 cm³/mol. The molecule has 4 aromatic rings. The van der Waals surface area contributed by atoms with Gasteiger partial charge in [0.05, 0.1) is 24.7 Å². The van der Waals surface area contributed by atoms with Gasteiger partial charge in [0.2, 0.25) is 5.91 Å². The summed E-state index contributed by atoms with van der Waals surface area (Å²) >= 11 is 0. The molecule has 0 unspecified atom stereocenters. The Kier molecular flexibility index (Phi) is 6.65. The molecule has 1 saturated heterocycles. The number of hydrogen-bond acceptors (Lipinski definition) is 5. The third kappa shape index (κ3) is 4.79. The van der Waals surface area contributed by atoms with E-state index in [2.05, 4.69) is 6.07 Å². The topological polar surface area (TPSA) is 76.8 Å². The quantitative estimate of drug-likeness (QED) is 0.394. The second-order valence-electron chi connectivity index (χ2n) is 9.41. The molecule has 0 radical (unpaired) electrons. The number of methoxy groups -OCH3 is 1. The molecule has 186 valence electrons. The van der Waals surface area contributed by atoms with Crippen molar-refractivity contribution >= 4 is 22.6 Å². The molecule has 5 rings (SSSR count). The van der Waals surface area contributed by atoms with Gasteiger partial charge in [0.25, 0.3) is 0 Å². The predicted octanol–water partition coefficient (Wildman–Crippen LogP) is 4.62. The van der Waals surface area contributed by atoms with Crippen molar-refractivity contribution in [1.29, 1.82) is 0 Å². The number of imidazole rings is 1. The highest BCUT2D eigenvalue weighted by molar-refractivity contribution is 5.96. The van der Waals surface area contributed by atoms with E-state index in [1.807, 2.05) is 79.1 Å². The number of nitrogens with zero attached hydrogens (tertiary/aromatic N) is 3. The standard InChI is InChI=1S/C29H31N3O4/c1-19-11-12-27(20(2)13-19)36-18-23(33)17-32-26-10-5-4-9-25(26)30-29(32)21-14-28(34)31(16-21)22-7-6-8-24(15-22)35-3/h4-13,15,21,23,33H,14,16-18H2,1-3H3/t21-,23-/m1/s1. The summed E-state index contributed by atoms with van der Waals surface area (Å²) in [5.74, 6) is 2.24. The number of carbonyl (C=O) groups excluding carboxylic acids is 1. The molecule has 7 heteroatoms. The van der Waals surface area contributed by atoms with Crippen LogP contribution in [0.25, 0.3) is 11.0 Å².